The van der Waals surface area contributed by atoms with Crippen LogP contribution in [0.5, 0.6) is 0 Å². The van der Waals surface area contributed by atoms with E-state index in [0.717, 1.165) is 64.2 Å². The van der Waals surface area contributed by atoms with Gasteiger partial charge in [0, 0.05) is 20.3 Å². The second-order valence-corrected chi connectivity index (χ2v) is 12.9. The van der Waals surface area contributed by atoms with E-state index in [9.17, 15) is 34.8 Å². The summed E-state index contributed by atoms with van der Waals surface area (Å²) >= 11 is 0. The summed E-state index contributed by atoms with van der Waals surface area (Å²) in [7, 11) is 0. The quantitative estimate of drug-likeness (QED) is 0.191. The number of fused-ring (bicyclic) bond motifs is 19. The maximum Gasteiger partial charge on any atom is 0.306 e. The maximum atomic E-state index is 12.7. The van der Waals surface area contributed by atoms with E-state index >= 15 is 0 Å². The van der Waals surface area contributed by atoms with Gasteiger partial charge in [-0.3, -0.25) is 14.4 Å². The van der Waals surface area contributed by atoms with Crippen LogP contribution in [-0.2, 0) is 47.5 Å². The molecule has 4 heterocycles. The largest absolute Gasteiger partial charge is 0.463 e. The lowest BCUT2D eigenvalue weighted by Gasteiger charge is -2.47. The number of hydrogen-bond donors (Lipinski definition) is 4. The number of aliphatic hydroxyl groups is 4. The molecule has 48 heavy (non-hydrogen) atoms. The second kappa shape index (κ2) is 21.1. The average molecular weight is 689 g/mol. The molecule has 0 aromatic heterocycles. The van der Waals surface area contributed by atoms with Crippen LogP contribution in [0.4, 0.5) is 0 Å². The Bertz CT molecular complexity index is 1010. The van der Waals surface area contributed by atoms with Gasteiger partial charge in [-0.05, 0) is 45.4 Å². The minimum atomic E-state index is -1.79. The predicted octanol–water partition coefficient (Wildman–Crippen LogP) is 2.35. The van der Waals surface area contributed by atoms with Gasteiger partial charge in [0.25, 0.3) is 0 Å². The predicted molar refractivity (Wildman–Crippen MR) is 169 cm³/mol. The van der Waals surface area contributed by atoms with Crippen molar-refractivity contribution in [2.45, 2.75) is 172 Å². The molecule has 0 spiro atoms. The number of esters is 3. The molecule has 0 aliphatic carbocycles. The SMILES string of the molecule is CC(=O)OC[C@H]1O[C@H]2O[C@@H](C)CCCCCC/C=C\CCCCCCCC(=O)O[C@H]3[C@H](O)[C@@H](O)[C@H](O[C@@H]2[C@@H](O)[C@@H]1O)O[C@@H]3COC(C)=O. The zero-order chi connectivity index (χ0) is 35.1. The van der Waals surface area contributed by atoms with Gasteiger partial charge < -0.3 is 53.6 Å². The highest BCUT2D eigenvalue weighted by molar-refractivity contribution is 5.69. The number of rotatable bonds is 4. The summed E-state index contributed by atoms with van der Waals surface area (Å²) in [5.41, 5.74) is 0. The Morgan fingerprint density at radius 1 is 0.667 bits per heavy atom. The highest BCUT2D eigenvalue weighted by Gasteiger charge is 2.53. The molecule has 0 radical (unpaired) electrons. The minimum Gasteiger partial charge on any atom is -0.463 e. The van der Waals surface area contributed by atoms with Crippen LogP contribution in [-0.4, -0.2) is 119 Å². The molecule has 0 aromatic rings. The molecule has 0 saturated carbocycles. The van der Waals surface area contributed by atoms with E-state index < -0.39 is 85.9 Å². The van der Waals surface area contributed by atoms with Gasteiger partial charge in [-0.15, -0.1) is 0 Å². The van der Waals surface area contributed by atoms with E-state index in [1.54, 1.807) is 0 Å². The number of allylic oxidation sites excluding steroid dienone is 2. The van der Waals surface area contributed by atoms with Gasteiger partial charge in [0.2, 0.25) is 0 Å². The fraction of sp³-hybridized carbons (Fsp3) is 0.853. The van der Waals surface area contributed by atoms with Crippen LogP contribution in [0.25, 0.3) is 0 Å². The Labute approximate surface area is 283 Å². The molecule has 4 aliphatic rings. The smallest absolute Gasteiger partial charge is 0.306 e. The first kappa shape index (κ1) is 40.3. The number of aliphatic hydroxyl groups excluding tert-OH is 4. The van der Waals surface area contributed by atoms with Crippen LogP contribution in [0.1, 0.15) is 104 Å². The summed E-state index contributed by atoms with van der Waals surface area (Å²) in [6.07, 6.45) is 0.483. The van der Waals surface area contributed by atoms with Crippen molar-refractivity contribution >= 4 is 17.9 Å². The maximum absolute atomic E-state index is 12.7. The zero-order valence-corrected chi connectivity index (χ0v) is 28.5. The number of ether oxygens (including phenoxy) is 7. The monoisotopic (exact) mass is 688 g/mol. The molecular formula is C34H56O14. The summed E-state index contributed by atoms with van der Waals surface area (Å²) in [6.45, 7) is 3.42. The van der Waals surface area contributed by atoms with Crippen molar-refractivity contribution in [1.82, 2.24) is 0 Å². The molecule has 0 unspecified atom stereocenters. The van der Waals surface area contributed by atoms with Gasteiger partial charge in [-0.2, -0.15) is 0 Å². The molecule has 2 bridgehead atoms. The van der Waals surface area contributed by atoms with E-state index in [1.165, 1.54) is 13.8 Å². The van der Waals surface area contributed by atoms with Gasteiger partial charge in [0.1, 0.15) is 55.9 Å². The van der Waals surface area contributed by atoms with Gasteiger partial charge in [-0.25, -0.2) is 0 Å². The third-order valence-corrected chi connectivity index (χ3v) is 8.76. The zero-order valence-electron chi connectivity index (χ0n) is 28.5. The molecular weight excluding hydrogens is 632 g/mol. The highest BCUT2D eigenvalue weighted by Crippen LogP contribution is 2.32. The lowest BCUT2D eigenvalue weighted by atomic mass is 9.97. The molecule has 276 valence electrons. The van der Waals surface area contributed by atoms with Crippen molar-refractivity contribution in [2.24, 2.45) is 0 Å². The first-order valence-corrected chi connectivity index (χ1v) is 17.4. The van der Waals surface area contributed by atoms with Crippen LogP contribution in [0.15, 0.2) is 12.2 Å². The molecule has 11 atom stereocenters. The van der Waals surface area contributed by atoms with Crippen molar-refractivity contribution < 1.29 is 68.0 Å². The summed E-state index contributed by atoms with van der Waals surface area (Å²) in [5.74, 6) is -1.86. The minimum absolute atomic E-state index is 0.0919. The molecule has 14 nitrogen and oxygen atoms in total. The Balaban J connectivity index is 1.81. The number of hydrogen-bond acceptors (Lipinski definition) is 14. The summed E-state index contributed by atoms with van der Waals surface area (Å²) < 4.78 is 39.6. The van der Waals surface area contributed by atoms with Crippen molar-refractivity contribution in [1.29, 1.82) is 0 Å². The molecule has 2 saturated heterocycles. The van der Waals surface area contributed by atoms with Crippen molar-refractivity contribution in [3.05, 3.63) is 12.2 Å². The second-order valence-electron chi connectivity index (χ2n) is 12.9. The number of carbonyl (C=O) groups is 3. The molecule has 0 aromatic carbocycles. The van der Waals surface area contributed by atoms with E-state index in [2.05, 4.69) is 12.2 Å². The van der Waals surface area contributed by atoms with Crippen LogP contribution in [0.3, 0.4) is 0 Å². The van der Waals surface area contributed by atoms with Crippen LogP contribution in [0.2, 0.25) is 0 Å². The van der Waals surface area contributed by atoms with Crippen molar-refractivity contribution in [3.63, 3.8) is 0 Å². The van der Waals surface area contributed by atoms with Gasteiger partial charge >= 0.3 is 17.9 Å². The summed E-state index contributed by atoms with van der Waals surface area (Å²) in [5, 5.41) is 44.2. The number of carbonyl (C=O) groups excluding carboxylic acids is 3. The highest BCUT2D eigenvalue weighted by atomic mass is 16.8. The first-order chi connectivity index (χ1) is 23.0. The first-order valence-electron chi connectivity index (χ1n) is 17.4. The molecule has 4 aliphatic heterocycles. The standard InChI is InChI=1S/C34H56O14/c1-21-17-15-13-11-9-7-5-4-6-8-10-12-14-16-18-26(37)47-31-25(20-43-23(3)36)46-33(30(41)29(31)40)48-32-28(39)27(38)24(19-42-22(2)35)45-34(32)44-21/h4-5,21,24-25,27-34,38-41H,6-20H2,1-3H3/b5-4-/t21-,24+,25+,27+,28-,29+,30+,31+,32+,33-,34+/m0/s1. The summed E-state index contributed by atoms with van der Waals surface area (Å²) in [4.78, 5) is 35.8. The van der Waals surface area contributed by atoms with E-state index in [-0.39, 0.29) is 19.1 Å². The van der Waals surface area contributed by atoms with Gasteiger partial charge in [0.05, 0.1) is 6.10 Å². The summed E-state index contributed by atoms with van der Waals surface area (Å²) in [6, 6.07) is 0. The Morgan fingerprint density at radius 3 is 1.85 bits per heavy atom. The van der Waals surface area contributed by atoms with Crippen molar-refractivity contribution in [2.75, 3.05) is 13.2 Å². The normalized spacial score (nSPS) is 37.8. The lowest BCUT2D eigenvalue weighted by Crippen LogP contribution is -2.65. The van der Waals surface area contributed by atoms with Crippen LogP contribution in [0, 0.1) is 0 Å². The third kappa shape index (κ3) is 13.3. The average Bonchev–Trinajstić information content (AvgIpc) is 3.03. The molecule has 4 rings (SSSR count). The molecule has 2 fully saturated rings. The molecule has 14 heteroatoms. The van der Waals surface area contributed by atoms with Crippen LogP contribution >= 0.6 is 0 Å². The Kier molecular flexibility index (Phi) is 17.7. The Hall–Kier alpha value is -2.17. The van der Waals surface area contributed by atoms with E-state index in [0.29, 0.717) is 12.8 Å². The van der Waals surface area contributed by atoms with E-state index in [1.807, 2.05) is 6.92 Å². The Morgan fingerprint density at radius 2 is 1.21 bits per heavy atom. The molecule has 0 amide bonds. The fourth-order valence-electron chi connectivity index (χ4n) is 6.00. The molecule has 4 N–H and O–H groups in total. The van der Waals surface area contributed by atoms with Crippen molar-refractivity contribution in [3.8, 4) is 0 Å². The van der Waals surface area contributed by atoms with Gasteiger partial charge in [0.15, 0.2) is 18.7 Å². The van der Waals surface area contributed by atoms with E-state index in [4.69, 9.17) is 33.2 Å². The van der Waals surface area contributed by atoms with Gasteiger partial charge in [-0.1, -0.05) is 50.7 Å². The van der Waals surface area contributed by atoms with Crippen LogP contribution < -0.4 is 0 Å². The fourth-order valence-corrected chi connectivity index (χ4v) is 6.00. The third-order valence-electron chi connectivity index (χ3n) is 8.76. The lowest BCUT2D eigenvalue weighted by molar-refractivity contribution is -0.371. The topological polar surface area (TPSA) is 197 Å².